The Kier molecular flexibility index (Phi) is 12.1. The number of nitrogens with zero attached hydrogens (tertiary/aromatic N) is 3. The third kappa shape index (κ3) is 10.5. The quantitative estimate of drug-likeness (QED) is 0.0847. The number of rotatable bonds is 14. The number of aryl methyl sites for hydroxylation is 2. The van der Waals surface area contributed by atoms with E-state index in [0.29, 0.717) is 18.7 Å². The van der Waals surface area contributed by atoms with Gasteiger partial charge in [0.05, 0.1) is 6.10 Å². The highest BCUT2D eigenvalue weighted by Crippen LogP contribution is 2.19. The molecule has 0 aliphatic carbocycles. The summed E-state index contributed by atoms with van der Waals surface area (Å²) in [5.41, 5.74) is 20.1. The summed E-state index contributed by atoms with van der Waals surface area (Å²) >= 11 is 5.81. The number of aliphatic hydroxyl groups excluding tert-OH is 1. The van der Waals surface area contributed by atoms with Crippen LogP contribution in [0.5, 0.6) is 5.75 Å². The highest BCUT2D eigenvalue weighted by atomic mass is 35.5. The molecule has 1 unspecified atom stereocenters. The van der Waals surface area contributed by atoms with Gasteiger partial charge in [-0.3, -0.25) is 15.1 Å². The van der Waals surface area contributed by atoms with E-state index < -0.39 is 12.0 Å². The van der Waals surface area contributed by atoms with Crippen LogP contribution < -0.4 is 27.8 Å². The Morgan fingerprint density at radius 1 is 1.02 bits per heavy atom. The number of aromatic nitrogens is 2. The van der Waals surface area contributed by atoms with Gasteiger partial charge in [-0.05, 0) is 74.3 Å². The largest absolute Gasteiger partial charge is 0.508 e. The van der Waals surface area contributed by atoms with Gasteiger partial charge in [0.15, 0.2) is 28.4 Å². The number of phenols is 1. The van der Waals surface area contributed by atoms with Crippen molar-refractivity contribution in [2.75, 3.05) is 24.6 Å². The van der Waals surface area contributed by atoms with Gasteiger partial charge in [0, 0.05) is 19.1 Å². The molecule has 3 rings (SSSR count). The average molecular weight is 583 g/mol. The second kappa shape index (κ2) is 15.8. The zero-order valence-corrected chi connectivity index (χ0v) is 23.9. The lowest BCUT2D eigenvalue weighted by molar-refractivity contribution is 0.0972. The number of aliphatic hydroxyl groups is 1. The molecule has 0 spiro atoms. The number of aliphatic imine (C=N–C) groups is 1. The van der Waals surface area contributed by atoms with Crippen LogP contribution in [0.3, 0.4) is 0 Å². The highest BCUT2D eigenvalue weighted by Gasteiger charge is 2.16. The molecule has 11 nitrogen and oxygen atoms in total. The number of halogens is 1. The maximum atomic E-state index is 12.3. The summed E-state index contributed by atoms with van der Waals surface area (Å²) in [5, 5.41) is 25.6. The monoisotopic (exact) mass is 582 g/mol. The number of hydrogen-bond donors (Lipinski definition) is 7. The van der Waals surface area contributed by atoms with Gasteiger partial charge in [-0.2, -0.15) is 0 Å². The molecule has 10 N–H and O–H groups in total. The molecule has 0 bridgehead atoms. The Bertz CT molecular complexity index is 1320. The van der Waals surface area contributed by atoms with Crippen molar-refractivity contribution in [2.24, 2.45) is 10.7 Å². The van der Waals surface area contributed by atoms with Crippen molar-refractivity contribution in [3.63, 3.8) is 0 Å². The van der Waals surface area contributed by atoms with E-state index in [1.165, 1.54) is 11.1 Å². The van der Waals surface area contributed by atoms with Gasteiger partial charge < -0.3 is 32.7 Å². The summed E-state index contributed by atoms with van der Waals surface area (Å²) in [7, 11) is 0. The number of anilines is 2. The number of nitrogens with two attached hydrogens (primary N) is 3. The van der Waals surface area contributed by atoms with E-state index in [-0.39, 0.29) is 40.2 Å². The molecule has 3 aromatic rings. The molecule has 1 amide bonds. The SMILES string of the molecule is CC(CCCc1ccc(CCCCN=C(N)NC(=O)c2nc(Cl)c(N)nc2N)cc1)NC[C@@H](O)c1cccc(O)c1. The van der Waals surface area contributed by atoms with E-state index >= 15 is 0 Å². The normalized spacial score (nSPS) is 13.1. The lowest BCUT2D eigenvalue weighted by atomic mass is 10.0. The fourth-order valence-electron chi connectivity index (χ4n) is 4.21. The van der Waals surface area contributed by atoms with Crippen molar-refractivity contribution < 1.29 is 15.0 Å². The number of carbonyl (C=O) groups is 1. The minimum atomic E-state index is -0.660. The van der Waals surface area contributed by atoms with Crippen LogP contribution in [0.25, 0.3) is 0 Å². The molecule has 0 fully saturated rings. The molecule has 12 heteroatoms. The predicted molar refractivity (Wildman–Crippen MR) is 163 cm³/mol. The van der Waals surface area contributed by atoms with Crippen LogP contribution in [0.2, 0.25) is 5.15 Å². The van der Waals surface area contributed by atoms with Crippen LogP contribution in [0.15, 0.2) is 53.5 Å². The number of aromatic hydroxyl groups is 1. The Morgan fingerprint density at radius 2 is 1.71 bits per heavy atom. The van der Waals surface area contributed by atoms with Crippen molar-refractivity contribution in [1.29, 1.82) is 0 Å². The highest BCUT2D eigenvalue weighted by molar-refractivity contribution is 6.31. The smallest absolute Gasteiger partial charge is 0.280 e. The fraction of sp³-hybridized carbons (Fsp3) is 0.379. The van der Waals surface area contributed by atoms with Crippen molar-refractivity contribution in [3.8, 4) is 5.75 Å². The van der Waals surface area contributed by atoms with Crippen LogP contribution in [0, 0.1) is 0 Å². The number of amides is 1. The third-order valence-electron chi connectivity index (χ3n) is 6.56. The van der Waals surface area contributed by atoms with E-state index in [1.807, 2.05) is 0 Å². The minimum Gasteiger partial charge on any atom is -0.508 e. The lowest BCUT2D eigenvalue weighted by Crippen LogP contribution is -2.38. The number of benzene rings is 2. The van der Waals surface area contributed by atoms with Gasteiger partial charge in [0.2, 0.25) is 0 Å². The summed E-state index contributed by atoms with van der Waals surface area (Å²) in [4.78, 5) is 24.1. The van der Waals surface area contributed by atoms with Gasteiger partial charge in [-0.1, -0.05) is 48.0 Å². The molecular weight excluding hydrogens is 544 g/mol. The Labute approximate surface area is 245 Å². The van der Waals surface area contributed by atoms with E-state index in [9.17, 15) is 15.0 Å². The summed E-state index contributed by atoms with van der Waals surface area (Å²) in [5.74, 6) is -0.744. The first kappa shape index (κ1) is 31.6. The summed E-state index contributed by atoms with van der Waals surface area (Å²) < 4.78 is 0. The first-order valence-corrected chi connectivity index (χ1v) is 14.0. The molecule has 2 aromatic carbocycles. The van der Waals surface area contributed by atoms with Gasteiger partial charge in [0.1, 0.15) is 5.75 Å². The first-order valence-electron chi connectivity index (χ1n) is 13.6. The molecule has 0 saturated carbocycles. The van der Waals surface area contributed by atoms with E-state index in [2.05, 4.69) is 56.8 Å². The summed E-state index contributed by atoms with van der Waals surface area (Å²) in [6, 6.07) is 15.6. The zero-order chi connectivity index (χ0) is 29.8. The maximum absolute atomic E-state index is 12.3. The number of carbonyl (C=O) groups excluding carboxylic acids is 1. The number of hydrogen-bond acceptors (Lipinski definition) is 9. The van der Waals surface area contributed by atoms with E-state index in [1.54, 1.807) is 24.3 Å². The van der Waals surface area contributed by atoms with Crippen molar-refractivity contribution in [2.45, 2.75) is 57.6 Å². The van der Waals surface area contributed by atoms with Crippen LogP contribution in [-0.2, 0) is 12.8 Å². The number of nitrogen functional groups attached to an aromatic ring is 2. The zero-order valence-electron chi connectivity index (χ0n) is 23.2. The Morgan fingerprint density at radius 3 is 2.39 bits per heavy atom. The minimum absolute atomic E-state index is 0.0364. The molecule has 1 aromatic heterocycles. The fourth-order valence-corrected chi connectivity index (χ4v) is 4.34. The van der Waals surface area contributed by atoms with Crippen LogP contribution in [0.4, 0.5) is 11.6 Å². The molecule has 0 radical (unpaired) electrons. The molecule has 220 valence electrons. The Hall–Kier alpha value is -3.93. The van der Waals surface area contributed by atoms with E-state index in [0.717, 1.165) is 38.5 Å². The topological polar surface area (TPSA) is 198 Å². The number of nitrogens with one attached hydrogen (secondary N) is 2. The van der Waals surface area contributed by atoms with Gasteiger partial charge in [-0.15, -0.1) is 0 Å². The average Bonchev–Trinajstić information content (AvgIpc) is 2.94. The standard InChI is InChI=1S/C29H39ClN8O3/c1-18(35-17-23(40)21-9-5-10-22(39)16-21)6-4-8-20-13-11-19(12-14-20)7-2-3-15-34-29(33)38-28(41)24-26(31)37-27(32)25(30)36-24/h5,9-14,16,18,23,35,39-40H,2-4,6-8,15,17H2,1H3,(H4,31,32,37)(H3,33,34,38,41)/t18?,23-/m1/s1. The van der Waals surface area contributed by atoms with Crippen molar-refractivity contribution >= 4 is 35.1 Å². The molecule has 2 atom stereocenters. The van der Waals surface area contributed by atoms with Crippen molar-refractivity contribution in [3.05, 3.63) is 76.1 Å². The van der Waals surface area contributed by atoms with E-state index in [4.69, 9.17) is 28.8 Å². The number of unbranched alkanes of at least 4 members (excludes halogenated alkanes) is 1. The van der Waals surface area contributed by atoms with Crippen LogP contribution in [0.1, 0.15) is 65.9 Å². The first-order chi connectivity index (χ1) is 19.6. The molecule has 41 heavy (non-hydrogen) atoms. The number of guanidine groups is 1. The predicted octanol–water partition coefficient (Wildman–Crippen LogP) is 3.10. The molecule has 0 saturated heterocycles. The second-order valence-electron chi connectivity index (χ2n) is 9.94. The lowest BCUT2D eigenvalue weighted by Gasteiger charge is -2.17. The van der Waals surface area contributed by atoms with Crippen LogP contribution in [-0.4, -0.2) is 51.2 Å². The summed E-state index contributed by atoms with van der Waals surface area (Å²) in [6.45, 7) is 3.02. The molecular formula is C29H39ClN8O3. The molecule has 0 aliphatic heterocycles. The van der Waals surface area contributed by atoms with Gasteiger partial charge in [0.25, 0.3) is 5.91 Å². The molecule has 1 heterocycles. The molecule has 0 aliphatic rings. The number of phenolic OH excluding ortho intramolecular Hbond substituents is 1. The maximum Gasteiger partial charge on any atom is 0.280 e. The van der Waals surface area contributed by atoms with Crippen molar-refractivity contribution in [1.82, 2.24) is 20.6 Å². The van der Waals surface area contributed by atoms with Crippen LogP contribution >= 0.6 is 11.6 Å². The Balaban J connectivity index is 1.30. The summed E-state index contributed by atoms with van der Waals surface area (Å²) in [6.07, 6.45) is 5.01. The second-order valence-corrected chi connectivity index (χ2v) is 10.3. The van der Waals surface area contributed by atoms with Gasteiger partial charge in [-0.25, -0.2) is 9.97 Å². The van der Waals surface area contributed by atoms with Gasteiger partial charge >= 0.3 is 0 Å². The third-order valence-corrected chi connectivity index (χ3v) is 6.84.